The fraction of sp³-hybridized carbons (Fsp3) is 0.294. The standard InChI is InChI=1S/C34H34N6O6/c1-34-31(44-6)23(38(5)33(43)45-24(36-3)16-35-2)15-25(46-34)39-21-13-9-7-11-18(21)26-20(17-41)28(32(42)37-4)27-19-12-8-10-14-22(19)40(34)30(27)29(26)39/h7-14,16-17,23,25,31-32,37,42H,2-3,15H2,1,4-6H3/b24-16+. The first-order valence-electron chi connectivity index (χ1n) is 14.9. The molecule has 2 aromatic heterocycles. The first kappa shape index (κ1) is 29.8. The van der Waals surface area contributed by atoms with Crippen LogP contribution in [-0.4, -0.2) is 78.3 Å². The summed E-state index contributed by atoms with van der Waals surface area (Å²) in [7, 11) is 4.89. The van der Waals surface area contributed by atoms with E-state index in [4.69, 9.17) is 14.2 Å². The molecule has 4 heterocycles. The third-order valence-electron chi connectivity index (χ3n) is 9.52. The molecule has 46 heavy (non-hydrogen) atoms. The number of hydrogen-bond donors (Lipinski definition) is 2. The summed E-state index contributed by atoms with van der Waals surface area (Å²) in [5.74, 6) is -0.0860. The van der Waals surface area contributed by atoms with Gasteiger partial charge in [0.05, 0.1) is 34.3 Å². The number of likely N-dealkylation sites (N-methyl/N-ethyl adjacent to an activating group) is 1. The van der Waals surface area contributed by atoms with E-state index in [1.165, 1.54) is 11.1 Å². The fourth-order valence-corrected chi connectivity index (χ4v) is 7.71. The number of nitrogens with one attached hydrogen (secondary N) is 1. The second kappa shape index (κ2) is 10.9. The number of hydrogen-bond acceptors (Lipinski definition) is 9. The van der Waals surface area contributed by atoms with Crippen molar-refractivity contribution >= 4 is 69.4 Å². The molecule has 0 saturated carbocycles. The van der Waals surface area contributed by atoms with E-state index in [1.54, 1.807) is 21.2 Å². The highest BCUT2D eigenvalue weighted by Gasteiger charge is 2.55. The fourth-order valence-electron chi connectivity index (χ4n) is 7.71. The van der Waals surface area contributed by atoms with Crippen molar-refractivity contribution in [2.45, 2.75) is 43.7 Å². The zero-order valence-electron chi connectivity index (χ0n) is 25.9. The van der Waals surface area contributed by atoms with Crippen molar-refractivity contribution in [1.82, 2.24) is 19.4 Å². The number of amides is 1. The average molecular weight is 623 g/mol. The van der Waals surface area contributed by atoms with Gasteiger partial charge < -0.3 is 33.4 Å². The molecule has 2 aliphatic rings. The Hall–Kier alpha value is -4.88. The van der Waals surface area contributed by atoms with Gasteiger partial charge in [-0.25, -0.2) is 9.79 Å². The summed E-state index contributed by atoms with van der Waals surface area (Å²) in [6.07, 6.45) is -0.744. The Bertz CT molecular complexity index is 2130. The molecular weight excluding hydrogens is 588 g/mol. The van der Waals surface area contributed by atoms with Crippen molar-refractivity contribution in [3.05, 3.63) is 71.7 Å². The zero-order valence-corrected chi connectivity index (χ0v) is 25.9. The molecule has 5 atom stereocenters. The Morgan fingerprint density at radius 3 is 2.46 bits per heavy atom. The Labute approximate surface area is 264 Å². The number of fused-ring (bicyclic) bond motifs is 10. The average Bonchev–Trinajstić information content (AvgIpc) is 3.57. The second-order valence-electron chi connectivity index (χ2n) is 11.7. The molecule has 5 unspecified atom stereocenters. The number of rotatable bonds is 8. The van der Waals surface area contributed by atoms with Crippen molar-refractivity contribution in [2.75, 3.05) is 21.2 Å². The third-order valence-corrected chi connectivity index (χ3v) is 9.52. The second-order valence-corrected chi connectivity index (χ2v) is 11.7. The Morgan fingerprint density at radius 1 is 1.15 bits per heavy atom. The monoisotopic (exact) mass is 622 g/mol. The van der Waals surface area contributed by atoms with Crippen molar-refractivity contribution in [3.63, 3.8) is 0 Å². The SMILES string of the molecule is C=N/C=C(\N=C)OC(=O)N(C)C1CC2OC(C)(C1OC)n1c3ccccc3c3c(C(O)NC)c(C=O)c4c5ccccc5n2c4c31. The van der Waals surface area contributed by atoms with E-state index in [0.717, 1.165) is 44.5 Å². The number of aldehydes is 1. The molecule has 2 bridgehead atoms. The lowest BCUT2D eigenvalue weighted by Crippen LogP contribution is -2.61. The van der Waals surface area contributed by atoms with E-state index >= 15 is 0 Å². The summed E-state index contributed by atoms with van der Waals surface area (Å²) in [6, 6.07) is 15.1. The van der Waals surface area contributed by atoms with Gasteiger partial charge in [-0.3, -0.25) is 15.1 Å². The minimum absolute atomic E-state index is 0.0860. The van der Waals surface area contributed by atoms with Crippen molar-refractivity contribution in [1.29, 1.82) is 0 Å². The van der Waals surface area contributed by atoms with Crippen LogP contribution in [0.5, 0.6) is 0 Å². The van der Waals surface area contributed by atoms with E-state index in [-0.39, 0.29) is 5.88 Å². The summed E-state index contributed by atoms with van der Waals surface area (Å²) >= 11 is 0. The molecule has 2 N–H and O–H groups in total. The number of methoxy groups -OCH3 is 1. The number of ether oxygens (including phenoxy) is 3. The highest BCUT2D eigenvalue weighted by molar-refractivity contribution is 6.28. The smallest absolute Gasteiger partial charge is 0.389 e. The largest absolute Gasteiger partial charge is 0.416 e. The molecule has 2 aliphatic heterocycles. The van der Waals surface area contributed by atoms with Gasteiger partial charge in [-0.05, 0) is 39.5 Å². The lowest BCUT2D eigenvalue weighted by Gasteiger charge is -2.50. The predicted molar refractivity (Wildman–Crippen MR) is 176 cm³/mol. The Balaban J connectivity index is 1.61. The Kier molecular flexibility index (Phi) is 7.05. The summed E-state index contributed by atoms with van der Waals surface area (Å²) in [5.41, 5.74) is 2.95. The maximum Gasteiger partial charge on any atom is 0.416 e. The number of aliphatic imine (C=N–C) groups is 2. The molecule has 1 amide bonds. The first-order valence-corrected chi connectivity index (χ1v) is 14.9. The van der Waals surface area contributed by atoms with E-state index in [9.17, 15) is 14.7 Å². The number of benzene rings is 3. The minimum Gasteiger partial charge on any atom is -0.389 e. The minimum atomic E-state index is -1.19. The van der Waals surface area contributed by atoms with Crippen molar-refractivity contribution in [3.8, 4) is 0 Å². The normalized spacial score (nSPS) is 23.2. The number of para-hydroxylation sites is 2. The lowest BCUT2D eigenvalue weighted by atomic mass is 9.92. The number of carbonyl (C=O) groups is 2. The van der Waals surface area contributed by atoms with Gasteiger partial charge in [0.15, 0.2) is 12.0 Å². The zero-order chi connectivity index (χ0) is 32.5. The van der Waals surface area contributed by atoms with Crippen LogP contribution in [0.1, 0.15) is 41.7 Å². The highest BCUT2D eigenvalue weighted by atomic mass is 16.6. The predicted octanol–water partition coefficient (Wildman–Crippen LogP) is 5.18. The van der Waals surface area contributed by atoms with Gasteiger partial charge in [-0.1, -0.05) is 36.4 Å². The number of aliphatic hydroxyl groups is 1. The van der Waals surface area contributed by atoms with Crippen LogP contribution in [0.4, 0.5) is 4.79 Å². The van der Waals surface area contributed by atoms with E-state index in [1.807, 2.05) is 55.5 Å². The molecule has 12 heteroatoms. The molecule has 1 saturated heterocycles. The van der Waals surface area contributed by atoms with Crippen molar-refractivity contribution in [2.24, 2.45) is 9.98 Å². The van der Waals surface area contributed by atoms with Gasteiger partial charge in [0.25, 0.3) is 0 Å². The number of carbonyl (C=O) groups excluding carboxylic acids is 2. The van der Waals surface area contributed by atoms with Crippen LogP contribution in [0.3, 0.4) is 0 Å². The van der Waals surface area contributed by atoms with Crippen LogP contribution >= 0.6 is 0 Å². The number of aliphatic hydroxyl groups excluding tert-OH is 1. The number of aromatic nitrogens is 2. The maximum absolute atomic E-state index is 13.5. The van der Waals surface area contributed by atoms with Gasteiger partial charge in [0.2, 0.25) is 5.88 Å². The topological polar surface area (TPSA) is 132 Å². The molecule has 12 nitrogen and oxygen atoms in total. The summed E-state index contributed by atoms with van der Waals surface area (Å²) in [6.45, 7) is 8.81. The molecule has 0 radical (unpaired) electrons. The van der Waals surface area contributed by atoms with Crippen LogP contribution in [0.2, 0.25) is 0 Å². The van der Waals surface area contributed by atoms with E-state index < -0.39 is 36.4 Å². The van der Waals surface area contributed by atoms with Crippen LogP contribution in [0, 0.1) is 0 Å². The molecule has 5 aromatic rings. The van der Waals surface area contributed by atoms with Gasteiger partial charge in [-0.15, -0.1) is 0 Å². The van der Waals surface area contributed by atoms with E-state index in [0.29, 0.717) is 22.9 Å². The Morgan fingerprint density at radius 2 is 1.83 bits per heavy atom. The quantitative estimate of drug-likeness (QED) is 0.105. The highest BCUT2D eigenvalue weighted by Crippen LogP contribution is 2.54. The summed E-state index contributed by atoms with van der Waals surface area (Å²) in [4.78, 5) is 35.5. The van der Waals surface area contributed by atoms with Gasteiger partial charge in [-0.2, -0.15) is 0 Å². The molecule has 236 valence electrons. The third kappa shape index (κ3) is 3.88. The molecule has 7 rings (SSSR count). The number of nitrogens with zero attached hydrogens (tertiary/aromatic N) is 5. The molecule has 1 fully saturated rings. The van der Waals surface area contributed by atoms with Gasteiger partial charge in [0.1, 0.15) is 18.6 Å². The first-order chi connectivity index (χ1) is 22.2. The van der Waals surface area contributed by atoms with Crippen LogP contribution in [0.15, 0.2) is 70.6 Å². The molecule has 0 spiro atoms. The van der Waals surface area contributed by atoms with Crippen LogP contribution < -0.4 is 5.32 Å². The molecule has 0 aliphatic carbocycles. The maximum atomic E-state index is 13.5. The summed E-state index contributed by atoms with van der Waals surface area (Å²) < 4.78 is 23.1. The van der Waals surface area contributed by atoms with Crippen molar-refractivity contribution < 1.29 is 28.9 Å². The molecule has 3 aromatic carbocycles. The van der Waals surface area contributed by atoms with Crippen LogP contribution in [0.25, 0.3) is 43.6 Å². The van der Waals surface area contributed by atoms with Gasteiger partial charge in [0, 0.05) is 53.3 Å². The van der Waals surface area contributed by atoms with Crippen LogP contribution in [-0.2, 0) is 19.9 Å². The van der Waals surface area contributed by atoms with Gasteiger partial charge >= 0.3 is 6.09 Å². The van der Waals surface area contributed by atoms with E-state index in [2.05, 4.69) is 37.9 Å². The summed E-state index contributed by atoms with van der Waals surface area (Å²) in [5, 5.41) is 17.5. The lowest BCUT2D eigenvalue weighted by molar-refractivity contribution is -0.264. The molecular formula is C34H34N6O6.